The number of likely N-dealkylation sites (tertiary alicyclic amines) is 2. The molecule has 0 spiro atoms. The zero-order chi connectivity index (χ0) is 25.2. The molecule has 4 aliphatic rings. The monoisotopic (exact) mass is 490 g/mol. The minimum absolute atomic E-state index is 0.360. The molecule has 2 heterocycles. The molecule has 6 nitrogen and oxygen atoms in total. The van der Waals surface area contributed by atoms with Crippen LogP contribution in [0, 0.1) is 22.7 Å². The Morgan fingerprint density at radius 2 is 1.08 bits per heavy atom. The summed E-state index contributed by atoms with van der Waals surface area (Å²) >= 11 is 0. The van der Waals surface area contributed by atoms with Crippen molar-refractivity contribution in [3.8, 4) is 0 Å². The third kappa shape index (κ3) is 4.81. The third-order valence-corrected chi connectivity index (χ3v) is 9.23. The number of carboxylic acid groups (broad SMARTS) is 2. The maximum absolute atomic E-state index is 11.6. The molecule has 36 heavy (non-hydrogen) atoms. The number of benzene rings is 2. The lowest BCUT2D eigenvalue weighted by Gasteiger charge is -2.23. The van der Waals surface area contributed by atoms with Crippen LogP contribution in [-0.4, -0.2) is 58.1 Å². The lowest BCUT2D eigenvalue weighted by Crippen LogP contribution is -2.35. The fraction of sp³-hybridized carbons (Fsp3) is 0.533. The molecule has 0 unspecified atom stereocenters. The van der Waals surface area contributed by atoms with Gasteiger partial charge in [0.1, 0.15) is 0 Å². The van der Waals surface area contributed by atoms with Crippen molar-refractivity contribution >= 4 is 11.9 Å². The van der Waals surface area contributed by atoms with Crippen molar-refractivity contribution in [2.24, 2.45) is 22.7 Å². The van der Waals surface area contributed by atoms with Crippen LogP contribution in [0.2, 0.25) is 0 Å². The van der Waals surface area contributed by atoms with Crippen LogP contribution in [0.1, 0.15) is 49.7 Å². The fourth-order valence-corrected chi connectivity index (χ4v) is 7.41. The largest absolute Gasteiger partial charge is 0.481 e. The topological polar surface area (TPSA) is 81.1 Å². The summed E-state index contributed by atoms with van der Waals surface area (Å²) in [6.45, 7) is 5.10. The lowest BCUT2D eigenvalue weighted by molar-refractivity contribution is -0.150. The van der Waals surface area contributed by atoms with Gasteiger partial charge in [-0.1, -0.05) is 73.5 Å². The molecule has 2 aromatic carbocycles. The minimum atomic E-state index is -0.583. The maximum Gasteiger partial charge on any atom is 0.311 e. The summed E-state index contributed by atoms with van der Waals surface area (Å²) in [7, 11) is 0. The molecule has 0 radical (unpaired) electrons. The minimum Gasteiger partial charge on any atom is -0.481 e. The van der Waals surface area contributed by atoms with Gasteiger partial charge in [0.05, 0.1) is 10.8 Å². The standard InChI is InChI=1S/2C15H19NO2/c2*17-14(18)15-8-4-7-13(15)10-16(11-15)9-12-5-2-1-3-6-12/h2*1-3,5-6,13H,4,7-11H2,(H,17,18)/t2*13-,15-/m10/s1. The van der Waals surface area contributed by atoms with Crippen LogP contribution in [0.15, 0.2) is 60.7 Å². The smallest absolute Gasteiger partial charge is 0.311 e. The summed E-state index contributed by atoms with van der Waals surface area (Å²) in [5.41, 5.74) is 1.65. The van der Waals surface area contributed by atoms with E-state index in [1.807, 2.05) is 36.4 Å². The van der Waals surface area contributed by atoms with E-state index >= 15 is 0 Å². The summed E-state index contributed by atoms with van der Waals surface area (Å²) in [4.78, 5) is 27.8. The number of hydrogen-bond acceptors (Lipinski definition) is 4. The predicted molar refractivity (Wildman–Crippen MR) is 138 cm³/mol. The average Bonchev–Trinajstić information content (AvgIpc) is 3.60. The van der Waals surface area contributed by atoms with E-state index in [4.69, 9.17) is 0 Å². The highest BCUT2D eigenvalue weighted by atomic mass is 16.4. The normalized spacial score (nSPS) is 31.4. The number of carbonyl (C=O) groups is 2. The average molecular weight is 491 g/mol. The molecule has 4 fully saturated rings. The summed E-state index contributed by atoms with van der Waals surface area (Å²) < 4.78 is 0. The van der Waals surface area contributed by atoms with Gasteiger partial charge in [-0.3, -0.25) is 19.4 Å². The van der Waals surface area contributed by atoms with Crippen LogP contribution < -0.4 is 0 Å². The van der Waals surface area contributed by atoms with Crippen LogP contribution in [0.4, 0.5) is 0 Å². The second kappa shape index (κ2) is 10.3. The number of nitrogens with zero attached hydrogens (tertiary/aromatic N) is 2. The molecule has 2 aliphatic carbocycles. The van der Waals surface area contributed by atoms with Gasteiger partial charge in [0.2, 0.25) is 0 Å². The van der Waals surface area contributed by atoms with Gasteiger partial charge in [0.15, 0.2) is 0 Å². The van der Waals surface area contributed by atoms with Gasteiger partial charge in [-0.15, -0.1) is 0 Å². The molecule has 192 valence electrons. The van der Waals surface area contributed by atoms with Gasteiger partial charge in [0, 0.05) is 39.3 Å². The molecule has 2 aromatic rings. The highest BCUT2D eigenvalue weighted by Gasteiger charge is 2.55. The van der Waals surface area contributed by atoms with Crippen molar-refractivity contribution in [3.63, 3.8) is 0 Å². The molecular weight excluding hydrogens is 452 g/mol. The fourth-order valence-electron chi connectivity index (χ4n) is 7.41. The van der Waals surface area contributed by atoms with Crippen molar-refractivity contribution in [2.45, 2.75) is 51.6 Å². The number of hydrogen-bond donors (Lipinski definition) is 2. The van der Waals surface area contributed by atoms with Crippen LogP contribution >= 0.6 is 0 Å². The Hall–Kier alpha value is -2.70. The first kappa shape index (κ1) is 25.0. The van der Waals surface area contributed by atoms with Gasteiger partial charge in [-0.25, -0.2) is 0 Å². The van der Waals surface area contributed by atoms with Crippen molar-refractivity contribution in [2.75, 3.05) is 26.2 Å². The molecule has 6 rings (SSSR count). The Morgan fingerprint density at radius 3 is 1.42 bits per heavy atom. The molecule has 0 aromatic heterocycles. The van der Waals surface area contributed by atoms with E-state index in [9.17, 15) is 19.8 Å². The van der Waals surface area contributed by atoms with E-state index < -0.39 is 22.8 Å². The number of rotatable bonds is 6. The number of carboxylic acids is 2. The number of fused-ring (bicyclic) bond motifs is 2. The highest BCUT2D eigenvalue weighted by Crippen LogP contribution is 2.50. The molecular formula is C30H38N2O4. The van der Waals surface area contributed by atoms with E-state index in [1.165, 1.54) is 11.1 Å². The Balaban J connectivity index is 0.000000148. The quantitative estimate of drug-likeness (QED) is 0.608. The van der Waals surface area contributed by atoms with Gasteiger partial charge < -0.3 is 10.2 Å². The Labute approximate surface area is 213 Å². The van der Waals surface area contributed by atoms with E-state index in [-0.39, 0.29) is 0 Å². The highest BCUT2D eigenvalue weighted by molar-refractivity contribution is 5.77. The summed E-state index contributed by atoms with van der Waals surface area (Å²) in [5.74, 6) is -0.446. The van der Waals surface area contributed by atoms with Crippen LogP contribution in [0.3, 0.4) is 0 Å². The molecule has 2 saturated carbocycles. The molecule has 0 amide bonds. The predicted octanol–water partition coefficient (Wildman–Crippen LogP) is 4.75. The van der Waals surface area contributed by atoms with E-state index in [1.54, 1.807) is 0 Å². The van der Waals surface area contributed by atoms with E-state index in [0.29, 0.717) is 11.8 Å². The third-order valence-electron chi connectivity index (χ3n) is 9.23. The SMILES string of the molecule is O=C(O)[C@@]12CCC[C@@H]1CN(Cc1ccccc1)C2.O=C(O)[C@]12CCC[C@H]1CN(Cc1ccccc1)C2. The zero-order valence-electron chi connectivity index (χ0n) is 21.0. The molecule has 6 heteroatoms. The van der Waals surface area contributed by atoms with Crippen molar-refractivity contribution < 1.29 is 19.8 Å². The first-order valence-electron chi connectivity index (χ1n) is 13.4. The van der Waals surface area contributed by atoms with Gasteiger partial charge >= 0.3 is 11.9 Å². The second-order valence-electron chi connectivity index (χ2n) is 11.4. The first-order valence-corrected chi connectivity index (χ1v) is 13.4. The van der Waals surface area contributed by atoms with E-state index in [2.05, 4.69) is 34.1 Å². The molecule has 2 saturated heterocycles. The van der Waals surface area contributed by atoms with Gasteiger partial charge in [-0.2, -0.15) is 0 Å². The second-order valence-corrected chi connectivity index (χ2v) is 11.4. The Kier molecular flexibility index (Phi) is 7.18. The van der Waals surface area contributed by atoms with Crippen molar-refractivity contribution in [1.29, 1.82) is 0 Å². The first-order chi connectivity index (χ1) is 17.4. The van der Waals surface area contributed by atoms with Crippen molar-refractivity contribution in [3.05, 3.63) is 71.8 Å². The van der Waals surface area contributed by atoms with Gasteiger partial charge in [-0.05, 0) is 48.6 Å². The van der Waals surface area contributed by atoms with Crippen molar-refractivity contribution in [1.82, 2.24) is 9.80 Å². The maximum atomic E-state index is 11.6. The Morgan fingerprint density at radius 1 is 0.694 bits per heavy atom. The molecule has 2 aliphatic heterocycles. The summed E-state index contributed by atoms with van der Waals surface area (Å²) in [6, 6.07) is 20.6. The zero-order valence-corrected chi connectivity index (χ0v) is 21.0. The molecule has 2 N–H and O–H groups in total. The molecule has 4 atom stereocenters. The number of aliphatic carboxylic acids is 2. The van der Waals surface area contributed by atoms with Gasteiger partial charge in [0.25, 0.3) is 0 Å². The van der Waals surface area contributed by atoms with Crippen LogP contribution in [-0.2, 0) is 22.7 Å². The summed E-state index contributed by atoms with van der Waals surface area (Å²) in [5, 5.41) is 19.1. The molecule has 0 bridgehead atoms. The Bertz CT molecular complexity index is 976. The van der Waals surface area contributed by atoms with E-state index in [0.717, 1.165) is 77.8 Å². The lowest BCUT2D eigenvalue weighted by atomic mass is 9.81. The van der Waals surface area contributed by atoms with Crippen LogP contribution in [0.25, 0.3) is 0 Å². The summed E-state index contributed by atoms with van der Waals surface area (Å²) in [6.07, 6.45) is 6.04. The van der Waals surface area contributed by atoms with Crippen LogP contribution in [0.5, 0.6) is 0 Å².